The smallest absolute Gasteiger partial charge is 0.361 e. The number of alkyl halides is 3. The van der Waals surface area contributed by atoms with Gasteiger partial charge in [0, 0.05) is 6.07 Å². The maximum absolute atomic E-state index is 12.4. The Kier molecular flexibility index (Phi) is 4.05. The van der Waals surface area contributed by atoms with E-state index in [2.05, 4.69) is 4.18 Å². The lowest BCUT2D eigenvalue weighted by Crippen LogP contribution is -2.28. The quantitative estimate of drug-likeness (QED) is 0.352. The molecule has 0 unspecified atom stereocenters. The average Bonchev–Trinajstić information content (AvgIpc) is 2.44. The molecule has 0 N–H and O–H groups in total. The number of hydrogen-bond donors (Lipinski definition) is 0. The van der Waals surface area contributed by atoms with Gasteiger partial charge in [0.15, 0.2) is 0 Å². The Bertz CT molecular complexity index is 956. The number of nitrogens with zero attached hydrogens (tertiary/aromatic N) is 2. The first kappa shape index (κ1) is 17.4. The summed E-state index contributed by atoms with van der Waals surface area (Å²) < 4.78 is 63.3. The molecule has 0 aliphatic carbocycles. The lowest BCUT2D eigenvalue weighted by atomic mass is 10.1. The summed E-state index contributed by atoms with van der Waals surface area (Å²) in [6, 6.07) is 5.66. The fourth-order valence-electron chi connectivity index (χ4n) is 1.85. The minimum atomic E-state index is -6.34. The Balaban J connectivity index is 2.89. The van der Waals surface area contributed by atoms with Crippen LogP contribution in [0.5, 0.6) is 5.75 Å². The van der Waals surface area contributed by atoms with Crippen molar-refractivity contribution in [2.24, 2.45) is 0 Å². The van der Waals surface area contributed by atoms with Gasteiger partial charge in [-0.1, -0.05) is 18.2 Å². The molecule has 0 amide bonds. The summed E-state index contributed by atoms with van der Waals surface area (Å²) in [6.45, 7) is 0. The van der Waals surface area contributed by atoms with Crippen molar-refractivity contribution in [1.82, 2.24) is 0 Å². The van der Waals surface area contributed by atoms with E-state index in [1.54, 1.807) is 0 Å². The molecule has 0 saturated carbocycles. The summed E-state index contributed by atoms with van der Waals surface area (Å²) in [5.41, 5.74) is -8.46. The second-order valence-corrected chi connectivity index (χ2v) is 5.83. The predicted molar refractivity (Wildman–Crippen MR) is 72.9 cm³/mol. The van der Waals surface area contributed by atoms with Gasteiger partial charge in [0.05, 0.1) is 15.2 Å². The summed E-state index contributed by atoms with van der Waals surface area (Å²) in [5, 5.41) is 21.8. The fourth-order valence-corrected chi connectivity index (χ4v) is 2.33. The van der Waals surface area contributed by atoms with E-state index in [0.717, 1.165) is 6.07 Å². The van der Waals surface area contributed by atoms with Crippen LogP contribution in [-0.4, -0.2) is 23.8 Å². The molecular weight excluding hydrogens is 361 g/mol. The second-order valence-electron chi connectivity index (χ2n) is 4.29. The Labute approximate surface area is 130 Å². The Morgan fingerprint density at radius 1 is 1.04 bits per heavy atom. The number of nitro benzene ring substituents is 2. The molecule has 2 rings (SSSR count). The van der Waals surface area contributed by atoms with Gasteiger partial charge in [-0.25, -0.2) is 0 Å². The fraction of sp³-hybridized carbons (Fsp3) is 0.0909. The standard InChI is InChI=1S/C11H5F3N2O7S/c12-11(13,14)24(21,22)23-10-8(15(17)18)5-6-3-1-2-4-7(6)9(10)16(19)20/h1-5H. The highest BCUT2D eigenvalue weighted by Crippen LogP contribution is 2.44. The minimum absolute atomic E-state index is 0.0485. The molecule has 0 saturated heterocycles. The summed E-state index contributed by atoms with van der Waals surface area (Å²) in [4.78, 5) is 19.6. The summed E-state index contributed by atoms with van der Waals surface area (Å²) in [5.74, 6) is -1.61. The van der Waals surface area contributed by atoms with Gasteiger partial charge in [0.1, 0.15) is 0 Å². The van der Waals surface area contributed by atoms with Crippen molar-refractivity contribution in [1.29, 1.82) is 0 Å². The van der Waals surface area contributed by atoms with Crippen LogP contribution in [0.2, 0.25) is 0 Å². The van der Waals surface area contributed by atoms with Crippen LogP contribution in [-0.2, 0) is 10.1 Å². The van der Waals surface area contributed by atoms with Gasteiger partial charge in [0.2, 0.25) is 0 Å². The maximum atomic E-state index is 12.4. The second kappa shape index (κ2) is 5.59. The van der Waals surface area contributed by atoms with Crippen molar-refractivity contribution >= 4 is 32.3 Å². The molecule has 0 bridgehead atoms. The van der Waals surface area contributed by atoms with Gasteiger partial charge in [-0.2, -0.15) is 21.6 Å². The number of halogens is 3. The minimum Gasteiger partial charge on any atom is -0.361 e. The molecule has 2 aromatic rings. The van der Waals surface area contributed by atoms with Crippen LogP contribution in [0.1, 0.15) is 0 Å². The van der Waals surface area contributed by atoms with Crippen LogP contribution in [0.4, 0.5) is 24.5 Å². The molecule has 0 aliphatic heterocycles. The Morgan fingerprint density at radius 3 is 2.12 bits per heavy atom. The number of benzene rings is 2. The third-order valence-corrected chi connectivity index (χ3v) is 3.76. The third-order valence-electron chi connectivity index (χ3n) is 2.81. The molecule has 13 heteroatoms. The molecule has 0 heterocycles. The van der Waals surface area contributed by atoms with E-state index in [9.17, 15) is 41.8 Å². The zero-order valence-corrected chi connectivity index (χ0v) is 12.0. The van der Waals surface area contributed by atoms with Crippen molar-refractivity contribution in [2.75, 3.05) is 0 Å². The molecule has 0 radical (unpaired) electrons. The van der Waals surface area contributed by atoms with E-state index in [0.29, 0.717) is 6.07 Å². The van der Waals surface area contributed by atoms with E-state index < -0.39 is 42.6 Å². The molecule has 2 aromatic carbocycles. The van der Waals surface area contributed by atoms with Crippen molar-refractivity contribution in [3.8, 4) is 5.75 Å². The van der Waals surface area contributed by atoms with Gasteiger partial charge < -0.3 is 4.18 Å². The first-order valence-electron chi connectivity index (χ1n) is 5.81. The van der Waals surface area contributed by atoms with Crippen LogP contribution in [0.3, 0.4) is 0 Å². The van der Waals surface area contributed by atoms with Gasteiger partial charge in [-0.05, 0) is 11.5 Å². The van der Waals surface area contributed by atoms with Crippen LogP contribution >= 0.6 is 0 Å². The van der Waals surface area contributed by atoms with E-state index >= 15 is 0 Å². The monoisotopic (exact) mass is 366 g/mol. The molecule has 128 valence electrons. The summed E-state index contributed by atoms with van der Waals surface area (Å²) in [6.07, 6.45) is 0. The average molecular weight is 366 g/mol. The lowest BCUT2D eigenvalue weighted by Gasteiger charge is -2.11. The Hall–Kier alpha value is -2.96. The van der Waals surface area contributed by atoms with Gasteiger partial charge in [0.25, 0.3) is 5.75 Å². The number of hydrogen-bond acceptors (Lipinski definition) is 7. The highest BCUT2D eigenvalue weighted by Gasteiger charge is 2.50. The van der Waals surface area contributed by atoms with Crippen molar-refractivity contribution in [3.05, 3.63) is 50.6 Å². The van der Waals surface area contributed by atoms with Crippen LogP contribution in [0.25, 0.3) is 10.8 Å². The van der Waals surface area contributed by atoms with Crippen molar-refractivity contribution < 1.29 is 35.6 Å². The van der Waals surface area contributed by atoms with E-state index in [-0.39, 0.29) is 10.8 Å². The zero-order chi connectivity index (χ0) is 18.3. The van der Waals surface area contributed by atoms with E-state index in [4.69, 9.17) is 0 Å². The summed E-state index contributed by atoms with van der Waals surface area (Å²) >= 11 is 0. The maximum Gasteiger partial charge on any atom is 0.534 e. The van der Waals surface area contributed by atoms with Gasteiger partial charge >= 0.3 is 27.0 Å². The SMILES string of the molecule is O=[N+]([O-])c1cc2ccccc2c([N+](=O)[O-])c1OS(=O)(=O)C(F)(F)F. The highest BCUT2D eigenvalue weighted by atomic mass is 32.2. The van der Waals surface area contributed by atoms with Crippen molar-refractivity contribution in [2.45, 2.75) is 5.51 Å². The molecule has 24 heavy (non-hydrogen) atoms. The third kappa shape index (κ3) is 2.92. The first-order valence-corrected chi connectivity index (χ1v) is 7.22. The van der Waals surface area contributed by atoms with Crippen LogP contribution in [0.15, 0.2) is 30.3 Å². The number of nitro groups is 2. The van der Waals surface area contributed by atoms with E-state index in [1.807, 2.05) is 0 Å². The lowest BCUT2D eigenvalue weighted by molar-refractivity contribution is -0.394. The van der Waals surface area contributed by atoms with Crippen molar-refractivity contribution in [3.63, 3.8) is 0 Å². The molecular formula is C11H5F3N2O7S. The van der Waals surface area contributed by atoms with Gasteiger partial charge in [-0.15, -0.1) is 0 Å². The molecule has 9 nitrogen and oxygen atoms in total. The first-order chi connectivity index (χ1) is 11.0. The van der Waals surface area contributed by atoms with E-state index in [1.165, 1.54) is 18.2 Å². The number of fused-ring (bicyclic) bond motifs is 1. The van der Waals surface area contributed by atoms with Crippen LogP contribution in [0, 0.1) is 20.2 Å². The van der Waals surface area contributed by atoms with Crippen LogP contribution < -0.4 is 4.18 Å². The van der Waals surface area contributed by atoms with Gasteiger partial charge in [-0.3, -0.25) is 20.2 Å². The summed E-state index contributed by atoms with van der Waals surface area (Å²) in [7, 11) is -6.34. The normalized spacial score (nSPS) is 12.1. The topological polar surface area (TPSA) is 130 Å². The molecule has 0 fully saturated rings. The number of rotatable bonds is 4. The predicted octanol–water partition coefficient (Wildman–Crippen LogP) is 2.88. The molecule has 0 atom stereocenters. The molecule has 0 spiro atoms. The largest absolute Gasteiger partial charge is 0.534 e. The highest BCUT2D eigenvalue weighted by molar-refractivity contribution is 7.88. The molecule has 0 aromatic heterocycles. The Morgan fingerprint density at radius 2 is 1.62 bits per heavy atom. The molecule has 0 aliphatic rings. The zero-order valence-electron chi connectivity index (χ0n) is 11.2.